The van der Waals surface area contributed by atoms with Gasteiger partial charge in [-0.2, -0.15) is 0 Å². The highest BCUT2D eigenvalue weighted by Gasteiger charge is 2.25. The largest absolute Gasteiger partial charge is 0.493 e. The molecule has 2 N–H and O–H groups in total. The summed E-state index contributed by atoms with van der Waals surface area (Å²) in [5, 5.41) is 21.9. The molecule has 9 nitrogen and oxygen atoms in total. The average Bonchev–Trinajstić information content (AvgIpc) is 2.52. The van der Waals surface area contributed by atoms with E-state index in [0.717, 1.165) is 0 Å². The highest BCUT2D eigenvalue weighted by Crippen LogP contribution is 2.30. The van der Waals surface area contributed by atoms with Crippen molar-refractivity contribution in [1.29, 1.82) is 0 Å². The number of hydrogen-bond acceptors (Lipinski definition) is 5. The molecule has 9 heteroatoms. The Morgan fingerprint density at radius 1 is 1.17 bits per heavy atom. The van der Waals surface area contributed by atoms with Crippen LogP contribution in [0.3, 0.4) is 0 Å². The number of azide groups is 1. The second-order valence-corrected chi connectivity index (χ2v) is 4.57. The molecule has 0 spiro atoms. The molecule has 124 valence electrons. The number of hydrogen-bond donors (Lipinski definition) is 2. The first-order valence-electron chi connectivity index (χ1n) is 7.13. The zero-order valence-corrected chi connectivity index (χ0v) is 12.9. The zero-order chi connectivity index (χ0) is 17.4. The molecule has 1 aromatic rings. The van der Waals surface area contributed by atoms with Gasteiger partial charge < -0.3 is 14.9 Å². The molecule has 1 rings (SSSR count). The molecule has 0 amide bonds. The molecule has 0 fully saturated rings. The van der Waals surface area contributed by atoms with Crippen molar-refractivity contribution in [2.75, 3.05) is 13.2 Å². The molecule has 0 aliphatic rings. The number of nitrogens with zero attached hydrogens (tertiary/aromatic N) is 4. The summed E-state index contributed by atoms with van der Waals surface area (Å²) < 4.78 is 5.63. The van der Waals surface area contributed by atoms with E-state index in [9.17, 15) is 19.8 Å². The average molecular weight is 322 g/mol. The van der Waals surface area contributed by atoms with Crippen LogP contribution in [0.2, 0.25) is 0 Å². The van der Waals surface area contributed by atoms with Crippen LogP contribution < -0.4 is 4.74 Å². The van der Waals surface area contributed by atoms with Crippen LogP contribution in [0.15, 0.2) is 5.11 Å². The fourth-order valence-electron chi connectivity index (χ4n) is 2.18. The van der Waals surface area contributed by atoms with Crippen molar-refractivity contribution in [3.63, 3.8) is 0 Å². The number of carboxylic acids is 2. The van der Waals surface area contributed by atoms with Crippen molar-refractivity contribution in [3.8, 4) is 5.75 Å². The third kappa shape index (κ3) is 4.33. The summed E-state index contributed by atoms with van der Waals surface area (Å²) in [6, 6.07) is 0. The number of carboxylic acid groups (broad SMARTS) is 2. The van der Waals surface area contributed by atoms with Crippen LogP contribution in [0.4, 0.5) is 0 Å². The monoisotopic (exact) mass is 322 g/mol. The minimum Gasteiger partial charge on any atom is -0.493 e. The minimum atomic E-state index is -1.30. The highest BCUT2D eigenvalue weighted by molar-refractivity contribution is 5.93. The fourth-order valence-corrected chi connectivity index (χ4v) is 2.18. The molecule has 1 heterocycles. The summed E-state index contributed by atoms with van der Waals surface area (Å²) in [6.45, 7) is 3.91. The van der Waals surface area contributed by atoms with Crippen molar-refractivity contribution >= 4 is 11.9 Å². The van der Waals surface area contributed by atoms with Gasteiger partial charge >= 0.3 is 11.9 Å². The van der Waals surface area contributed by atoms with Gasteiger partial charge in [0, 0.05) is 22.6 Å². The van der Waals surface area contributed by atoms with Gasteiger partial charge in [-0.3, -0.25) is 0 Å². The van der Waals surface area contributed by atoms with Gasteiger partial charge in [-0.15, -0.1) is 0 Å². The predicted octanol–water partition coefficient (Wildman–Crippen LogP) is 2.68. The fraction of sp³-hybridized carbons (Fsp3) is 0.500. The maximum atomic E-state index is 11.4. The maximum Gasteiger partial charge on any atom is 0.354 e. The molecule has 0 radical (unpaired) electrons. The van der Waals surface area contributed by atoms with Gasteiger partial charge in [0.1, 0.15) is 5.75 Å². The zero-order valence-electron chi connectivity index (χ0n) is 12.9. The summed E-state index contributed by atoms with van der Waals surface area (Å²) in [6.07, 6.45) is 1.12. The Morgan fingerprint density at radius 2 is 1.70 bits per heavy atom. The van der Waals surface area contributed by atoms with E-state index in [-0.39, 0.29) is 30.3 Å². The Bertz CT molecular complexity index is 613. The number of aromatic nitrogens is 1. The summed E-state index contributed by atoms with van der Waals surface area (Å²) in [7, 11) is 0. The van der Waals surface area contributed by atoms with Crippen molar-refractivity contribution in [1.82, 2.24) is 4.98 Å². The first-order valence-corrected chi connectivity index (χ1v) is 7.13. The standard InChI is InChI=1S/C14H18N4O5/c1-3-8-10(13(19)20)17-11(14(21)22)9(4-2)12(8)23-7-5-6-16-18-15/h3-7H2,1-2H3,(H,19,20)(H,21,22). The number of pyridine rings is 1. The lowest BCUT2D eigenvalue weighted by Gasteiger charge is -2.17. The third-order valence-corrected chi connectivity index (χ3v) is 3.17. The number of aromatic carboxylic acids is 2. The Balaban J connectivity index is 3.33. The van der Waals surface area contributed by atoms with E-state index in [1.165, 1.54) is 0 Å². The van der Waals surface area contributed by atoms with Crippen molar-refractivity contribution in [3.05, 3.63) is 33.0 Å². The van der Waals surface area contributed by atoms with Gasteiger partial charge in [0.15, 0.2) is 11.4 Å². The summed E-state index contributed by atoms with van der Waals surface area (Å²) in [5.41, 5.74) is 8.32. The van der Waals surface area contributed by atoms with E-state index in [1.807, 2.05) is 0 Å². The van der Waals surface area contributed by atoms with E-state index < -0.39 is 11.9 Å². The normalized spacial score (nSPS) is 10.0. The topological polar surface area (TPSA) is 145 Å². The van der Waals surface area contributed by atoms with Crippen LogP contribution in [0, 0.1) is 0 Å². The van der Waals surface area contributed by atoms with Crippen LogP contribution in [0.1, 0.15) is 52.4 Å². The molecule has 0 aliphatic carbocycles. The lowest BCUT2D eigenvalue weighted by Crippen LogP contribution is -2.17. The molecular weight excluding hydrogens is 304 g/mol. The Morgan fingerprint density at radius 3 is 2.09 bits per heavy atom. The maximum absolute atomic E-state index is 11.4. The second kappa shape index (κ2) is 8.60. The van der Waals surface area contributed by atoms with E-state index in [0.29, 0.717) is 30.4 Å². The molecule has 0 aliphatic heterocycles. The van der Waals surface area contributed by atoms with Gasteiger partial charge in [-0.05, 0) is 24.8 Å². The first-order chi connectivity index (χ1) is 11.0. The minimum absolute atomic E-state index is 0.182. The molecule has 0 bridgehead atoms. The summed E-state index contributed by atoms with van der Waals surface area (Å²) >= 11 is 0. The predicted molar refractivity (Wildman–Crippen MR) is 81.0 cm³/mol. The van der Waals surface area contributed by atoms with Gasteiger partial charge in [-0.25, -0.2) is 14.6 Å². The second-order valence-electron chi connectivity index (χ2n) is 4.57. The summed E-state index contributed by atoms with van der Waals surface area (Å²) in [5.74, 6) is -2.35. The lowest BCUT2D eigenvalue weighted by molar-refractivity contribution is 0.0681. The quantitative estimate of drug-likeness (QED) is 0.309. The molecule has 0 unspecified atom stereocenters. The third-order valence-electron chi connectivity index (χ3n) is 3.17. The van der Waals surface area contributed by atoms with E-state index >= 15 is 0 Å². The molecule has 1 aromatic heterocycles. The van der Waals surface area contributed by atoms with Gasteiger partial charge in [0.2, 0.25) is 0 Å². The first kappa shape index (κ1) is 18.2. The Kier molecular flexibility index (Phi) is 6.82. The molecule has 0 saturated heterocycles. The summed E-state index contributed by atoms with van der Waals surface area (Å²) in [4.78, 5) is 29.1. The Labute approximate surface area is 132 Å². The SMILES string of the molecule is CCc1c(C(=O)O)nc(C(=O)O)c(CC)c1OCCCN=[N+]=[N-]. The highest BCUT2D eigenvalue weighted by atomic mass is 16.5. The van der Waals surface area contributed by atoms with Gasteiger partial charge in [0.05, 0.1) is 6.61 Å². The van der Waals surface area contributed by atoms with Crippen LogP contribution in [-0.4, -0.2) is 40.3 Å². The molecule has 0 aromatic carbocycles. The van der Waals surface area contributed by atoms with Crippen LogP contribution in [-0.2, 0) is 12.8 Å². The smallest absolute Gasteiger partial charge is 0.354 e. The van der Waals surface area contributed by atoms with E-state index in [2.05, 4.69) is 15.0 Å². The Hall–Kier alpha value is -2.80. The van der Waals surface area contributed by atoms with Crippen LogP contribution in [0.25, 0.3) is 10.4 Å². The molecule has 0 atom stereocenters. The molecule has 0 saturated carbocycles. The molecule has 23 heavy (non-hydrogen) atoms. The number of ether oxygens (including phenoxy) is 1. The molecular formula is C14H18N4O5. The van der Waals surface area contributed by atoms with Crippen LogP contribution >= 0.6 is 0 Å². The van der Waals surface area contributed by atoms with Crippen molar-refractivity contribution in [2.45, 2.75) is 33.1 Å². The van der Waals surface area contributed by atoms with Gasteiger partial charge in [0.25, 0.3) is 0 Å². The van der Waals surface area contributed by atoms with Crippen LogP contribution in [0.5, 0.6) is 5.75 Å². The van der Waals surface area contributed by atoms with E-state index in [1.54, 1.807) is 13.8 Å². The number of carbonyl (C=O) groups is 2. The van der Waals surface area contributed by atoms with Crippen molar-refractivity contribution < 1.29 is 24.5 Å². The van der Waals surface area contributed by atoms with Crippen molar-refractivity contribution in [2.24, 2.45) is 5.11 Å². The van der Waals surface area contributed by atoms with E-state index in [4.69, 9.17) is 10.3 Å². The lowest BCUT2D eigenvalue weighted by atomic mass is 10.0. The van der Waals surface area contributed by atoms with Gasteiger partial charge in [-0.1, -0.05) is 19.0 Å². The number of rotatable bonds is 9.